The fourth-order valence-corrected chi connectivity index (χ4v) is 4.80. The first kappa shape index (κ1) is 37.8. The molecule has 0 aromatic rings. The molecule has 9 heteroatoms. The highest BCUT2D eigenvalue weighted by Gasteiger charge is 2.25. The van der Waals surface area contributed by atoms with Gasteiger partial charge in [0.1, 0.15) is 6.61 Å². The molecule has 0 bridgehead atoms. The Balaban J connectivity index is 4.28. The first-order chi connectivity index (χ1) is 18.8. The van der Waals surface area contributed by atoms with E-state index in [1.165, 1.54) is 44.9 Å². The van der Waals surface area contributed by atoms with Gasteiger partial charge in [0, 0.05) is 12.8 Å². The van der Waals surface area contributed by atoms with E-state index in [-0.39, 0.29) is 25.6 Å². The molecule has 1 N–H and O–H groups in total. The van der Waals surface area contributed by atoms with E-state index in [9.17, 15) is 19.0 Å². The molecule has 0 heterocycles. The zero-order valence-electron chi connectivity index (χ0n) is 25.0. The van der Waals surface area contributed by atoms with Crippen LogP contribution in [0.3, 0.4) is 0 Å². The van der Waals surface area contributed by atoms with Gasteiger partial charge in [0.25, 0.3) is 0 Å². The summed E-state index contributed by atoms with van der Waals surface area (Å²) in [5.41, 5.74) is 0. The maximum Gasteiger partial charge on any atom is 0.472 e. The van der Waals surface area contributed by atoms with Crippen LogP contribution in [0.1, 0.15) is 143 Å². The van der Waals surface area contributed by atoms with Crippen molar-refractivity contribution in [1.29, 1.82) is 0 Å². The second-order valence-electron chi connectivity index (χ2n) is 10.1. The Labute approximate surface area is 238 Å². The molecule has 8 nitrogen and oxygen atoms in total. The van der Waals surface area contributed by atoms with E-state index in [2.05, 4.69) is 26.0 Å². The number of allylic oxidation sites excluding steroid dienone is 2. The Kier molecular flexibility index (Phi) is 26.1. The molecule has 0 aliphatic carbocycles. The SMILES string of the molecule is CCC/C=C\CCCCCCCC(=O)OC(COC(=O)CCCCCCCCCCC)COP(=O)(O)OCC. The summed E-state index contributed by atoms with van der Waals surface area (Å²) in [7, 11) is -4.26. The molecule has 0 aromatic carbocycles. The first-order valence-electron chi connectivity index (χ1n) is 15.5. The average Bonchev–Trinajstić information content (AvgIpc) is 2.90. The molecule has 0 saturated carbocycles. The van der Waals surface area contributed by atoms with E-state index >= 15 is 0 Å². The van der Waals surface area contributed by atoms with Crippen LogP contribution >= 0.6 is 7.82 Å². The van der Waals surface area contributed by atoms with Crippen LogP contribution < -0.4 is 0 Å². The summed E-state index contributed by atoms with van der Waals surface area (Å²) in [6, 6.07) is 0. The Morgan fingerprint density at radius 2 is 1.21 bits per heavy atom. The molecule has 230 valence electrons. The summed E-state index contributed by atoms with van der Waals surface area (Å²) < 4.78 is 32.2. The molecule has 39 heavy (non-hydrogen) atoms. The lowest BCUT2D eigenvalue weighted by Crippen LogP contribution is -2.29. The molecule has 0 amide bonds. The predicted octanol–water partition coefficient (Wildman–Crippen LogP) is 8.60. The number of rotatable bonds is 28. The van der Waals surface area contributed by atoms with Crippen molar-refractivity contribution >= 4 is 19.8 Å². The minimum Gasteiger partial charge on any atom is -0.462 e. The molecule has 0 radical (unpaired) electrons. The highest BCUT2D eigenvalue weighted by atomic mass is 31.2. The van der Waals surface area contributed by atoms with Crippen LogP contribution in [0.2, 0.25) is 0 Å². The molecule has 0 aliphatic rings. The smallest absolute Gasteiger partial charge is 0.462 e. The van der Waals surface area contributed by atoms with Gasteiger partial charge < -0.3 is 14.4 Å². The standard InChI is InChI=1S/C30H57O8P/c1-4-7-9-11-13-15-17-19-21-23-25-30(32)38-28(27-37-39(33,34)36-6-3)26-35-29(31)24-22-20-18-16-14-12-10-8-5-2/h9,11,28H,4-8,10,12-27H2,1-3H3,(H,33,34)/b11-9-. The minimum absolute atomic E-state index is 0.000978. The zero-order chi connectivity index (χ0) is 29.0. The Hall–Kier alpha value is -1.21. The molecule has 0 spiro atoms. The van der Waals surface area contributed by atoms with E-state index in [1.807, 2.05) is 0 Å². The van der Waals surface area contributed by atoms with Crippen molar-refractivity contribution in [3.05, 3.63) is 12.2 Å². The second-order valence-corrected chi connectivity index (χ2v) is 11.6. The normalized spacial score (nSPS) is 13.8. The lowest BCUT2D eigenvalue weighted by atomic mass is 10.1. The summed E-state index contributed by atoms with van der Waals surface area (Å²) in [6.45, 7) is 5.34. The maximum absolute atomic E-state index is 12.3. The Morgan fingerprint density at radius 1 is 0.667 bits per heavy atom. The van der Waals surface area contributed by atoms with Gasteiger partial charge >= 0.3 is 19.8 Å². The van der Waals surface area contributed by atoms with Crippen LogP contribution in [-0.2, 0) is 32.7 Å². The van der Waals surface area contributed by atoms with Crippen molar-refractivity contribution in [3.8, 4) is 0 Å². The number of ether oxygens (including phenoxy) is 2. The van der Waals surface area contributed by atoms with Crippen LogP contribution in [-0.4, -0.2) is 42.8 Å². The number of phosphoric acid groups is 1. The van der Waals surface area contributed by atoms with Crippen molar-refractivity contribution in [1.82, 2.24) is 0 Å². The number of esters is 2. The molecule has 2 atom stereocenters. The molecular weight excluding hydrogens is 519 g/mol. The third kappa shape index (κ3) is 26.8. The highest BCUT2D eigenvalue weighted by Crippen LogP contribution is 2.43. The monoisotopic (exact) mass is 576 g/mol. The van der Waals surface area contributed by atoms with Crippen LogP contribution in [0.15, 0.2) is 12.2 Å². The molecule has 0 aliphatic heterocycles. The van der Waals surface area contributed by atoms with Crippen LogP contribution in [0, 0.1) is 0 Å². The lowest BCUT2D eigenvalue weighted by molar-refractivity contribution is -0.161. The number of hydrogen-bond donors (Lipinski definition) is 1. The van der Waals surface area contributed by atoms with Gasteiger partial charge in [0.05, 0.1) is 13.2 Å². The topological polar surface area (TPSA) is 108 Å². The van der Waals surface area contributed by atoms with Gasteiger partial charge in [-0.25, -0.2) is 4.57 Å². The zero-order valence-corrected chi connectivity index (χ0v) is 25.9. The number of carbonyl (C=O) groups is 2. The third-order valence-corrected chi connectivity index (χ3v) is 7.36. The maximum atomic E-state index is 12.3. The lowest BCUT2D eigenvalue weighted by Gasteiger charge is -2.19. The summed E-state index contributed by atoms with van der Waals surface area (Å²) in [4.78, 5) is 34.2. The number of hydrogen-bond acceptors (Lipinski definition) is 7. The first-order valence-corrected chi connectivity index (χ1v) is 17.0. The van der Waals surface area contributed by atoms with Crippen molar-refractivity contribution in [2.45, 2.75) is 149 Å². The van der Waals surface area contributed by atoms with E-state index < -0.39 is 26.5 Å². The quantitative estimate of drug-likeness (QED) is 0.0427. The van der Waals surface area contributed by atoms with Gasteiger partial charge in [-0.3, -0.25) is 18.6 Å². The van der Waals surface area contributed by atoms with Crippen molar-refractivity contribution in [2.24, 2.45) is 0 Å². The van der Waals surface area contributed by atoms with Gasteiger partial charge in [-0.15, -0.1) is 0 Å². The Morgan fingerprint density at radius 3 is 1.79 bits per heavy atom. The van der Waals surface area contributed by atoms with Gasteiger partial charge in [-0.2, -0.15) is 0 Å². The van der Waals surface area contributed by atoms with E-state index in [0.29, 0.717) is 12.8 Å². The molecule has 0 saturated heterocycles. The number of phosphoric ester groups is 1. The number of unbranched alkanes of at least 4 members (excludes halogenated alkanes) is 14. The summed E-state index contributed by atoms with van der Waals surface area (Å²) >= 11 is 0. The summed E-state index contributed by atoms with van der Waals surface area (Å²) in [5.74, 6) is -0.814. The van der Waals surface area contributed by atoms with E-state index in [1.54, 1.807) is 6.92 Å². The van der Waals surface area contributed by atoms with Gasteiger partial charge in [-0.05, 0) is 39.0 Å². The van der Waals surface area contributed by atoms with Crippen molar-refractivity contribution in [2.75, 3.05) is 19.8 Å². The minimum atomic E-state index is -4.26. The van der Waals surface area contributed by atoms with Crippen LogP contribution in [0.5, 0.6) is 0 Å². The fraction of sp³-hybridized carbons (Fsp3) is 0.867. The van der Waals surface area contributed by atoms with Crippen LogP contribution in [0.25, 0.3) is 0 Å². The molecule has 0 rings (SSSR count). The average molecular weight is 577 g/mol. The van der Waals surface area contributed by atoms with Gasteiger partial charge in [0.15, 0.2) is 6.10 Å². The van der Waals surface area contributed by atoms with Gasteiger partial charge in [0.2, 0.25) is 0 Å². The molecule has 0 fully saturated rings. The predicted molar refractivity (Wildman–Crippen MR) is 156 cm³/mol. The van der Waals surface area contributed by atoms with Crippen molar-refractivity contribution in [3.63, 3.8) is 0 Å². The molecule has 0 aromatic heterocycles. The van der Waals surface area contributed by atoms with E-state index in [0.717, 1.165) is 57.8 Å². The number of carbonyl (C=O) groups excluding carboxylic acids is 2. The van der Waals surface area contributed by atoms with Crippen molar-refractivity contribution < 1.29 is 37.6 Å². The fourth-order valence-electron chi connectivity index (χ4n) is 4.04. The van der Waals surface area contributed by atoms with E-state index in [4.69, 9.17) is 18.5 Å². The second kappa shape index (κ2) is 27.0. The van der Waals surface area contributed by atoms with Crippen LogP contribution in [0.4, 0.5) is 0 Å². The molecular formula is C30H57O8P. The highest BCUT2D eigenvalue weighted by molar-refractivity contribution is 7.47. The summed E-state index contributed by atoms with van der Waals surface area (Å²) in [5, 5.41) is 0. The van der Waals surface area contributed by atoms with Gasteiger partial charge in [-0.1, -0.05) is 103 Å². The summed E-state index contributed by atoms with van der Waals surface area (Å²) in [6.07, 6.45) is 22.8. The molecule has 2 unspecified atom stereocenters. The third-order valence-electron chi connectivity index (χ3n) is 6.30. The Bertz CT molecular complexity index is 667. The largest absolute Gasteiger partial charge is 0.472 e.